The molecule has 0 aliphatic carbocycles. The van der Waals surface area contributed by atoms with Crippen molar-refractivity contribution in [1.82, 2.24) is 14.8 Å². The van der Waals surface area contributed by atoms with Crippen LogP contribution in [0.1, 0.15) is 25.1 Å². The van der Waals surface area contributed by atoms with Crippen molar-refractivity contribution >= 4 is 15.9 Å². The molecule has 0 N–H and O–H groups in total. The van der Waals surface area contributed by atoms with E-state index in [1.807, 2.05) is 12.1 Å². The monoisotopic (exact) mass is 291 g/mol. The maximum absolute atomic E-state index is 4.65. The molecule has 0 atom stereocenters. The molecule has 3 nitrogen and oxygen atoms in total. The van der Waals surface area contributed by atoms with E-state index in [-0.39, 0.29) is 0 Å². The molecule has 1 aliphatic rings. The summed E-state index contributed by atoms with van der Waals surface area (Å²) in [5.74, 6) is 2.00. The fourth-order valence-electron chi connectivity index (χ4n) is 2.18. The Kier molecular flexibility index (Phi) is 2.97. The number of hydrogen-bond acceptors (Lipinski definition) is 2. The molecular weight excluding hydrogens is 278 g/mol. The number of aromatic nitrogens is 3. The van der Waals surface area contributed by atoms with Gasteiger partial charge in [-0.3, -0.25) is 0 Å². The Bertz CT molecular complexity index is 492. The van der Waals surface area contributed by atoms with Gasteiger partial charge in [-0.1, -0.05) is 34.5 Å². The number of rotatable bonds is 1. The van der Waals surface area contributed by atoms with Gasteiger partial charge in [0.15, 0.2) is 5.82 Å². The quantitative estimate of drug-likeness (QED) is 0.806. The van der Waals surface area contributed by atoms with Crippen molar-refractivity contribution in [2.24, 2.45) is 0 Å². The molecule has 0 saturated carbocycles. The molecule has 2 aromatic rings. The lowest BCUT2D eigenvalue weighted by Gasteiger charge is -1.97. The van der Waals surface area contributed by atoms with E-state index >= 15 is 0 Å². The van der Waals surface area contributed by atoms with Gasteiger partial charge in [-0.05, 0) is 25.0 Å². The lowest BCUT2D eigenvalue weighted by atomic mass is 10.2. The summed E-state index contributed by atoms with van der Waals surface area (Å²) in [6.45, 7) is 1.01. The summed E-state index contributed by atoms with van der Waals surface area (Å²) >= 11 is 3.44. The third-order valence-electron chi connectivity index (χ3n) is 3.12. The molecule has 3 rings (SSSR count). The van der Waals surface area contributed by atoms with Gasteiger partial charge in [0.1, 0.15) is 5.82 Å². The minimum atomic E-state index is 0.856. The van der Waals surface area contributed by atoms with E-state index in [9.17, 15) is 0 Å². The minimum Gasteiger partial charge on any atom is -0.249 e. The Morgan fingerprint density at radius 3 is 2.71 bits per heavy atom. The average molecular weight is 292 g/mol. The normalized spacial score (nSPS) is 15.4. The highest BCUT2D eigenvalue weighted by Crippen LogP contribution is 2.21. The molecule has 1 aromatic heterocycles. The van der Waals surface area contributed by atoms with E-state index in [1.54, 1.807) is 0 Å². The Hall–Kier alpha value is -1.16. The smallest absolute Gasteiger partial charge is 0.181 e. The van der Waals surface area contributed by atoms with Gasteiger partial charge >= 0.3 is 0 Å². The fraction of sp³-hybridized carbons (Fsp3) is 0.385. The predicted octanol–water partition coefficient (Wildman–Crippen LogP) is 3.43. The van der Waals surface area contributed by atoms with Crippen LogP contribution in [0.5, 0.6) is 0 Å². The number of hydrogen-bond donors (Lipinski definition) is 0. The molecule has 2 heterocycles. The Labute approximate surface area is 109 Å². The van der Waals surface area contributed by atoms with E-state index < -0.39 is 0 Å². The zero-order valence-corrected chi connectivity index (χ0v) is 11.2. The van der Waals surface area contributed by atoms with Crippen LogP contribution in [0.2, 0.25) is 0 Å². The molecule has 17 heavy (non-hydrogen) atoms. The molecule has 1 aliphatic heterocycles. The zero-order chi connectivity index (χ0) is 11.7. The van der Waals surface area contributed by atoms with Crippen molar-refractivity contribution in [3.05, 3.63) is 34.6 Å². The second-order valence-electron chi connectivity index (χ2n) is 4.39. The lowest BCUT2D eigenvalue weighted by Crippen LogP contribution is -2.02. The zero-order valence-electron chi connectivity index (χ0n) is 9.56. The number of benzene rings is 1. The van der Waals surface area contributed by atoms with Crippen molar-refractivity contribution in [1.29, 1.82) is 0 Å². The van der Waals surface area contributed by atoms with Gasteiger partial charge in [0, 0.05) is 23.0 Å². The second-order valence-corrected chi connectivity index (χ2v) is 5.31. The maximum Gasteiger partial charge on any atom is 0.181 e. The van der Waals surface area contributed by atoms with Gasteiger partial charge in [0.2, 0.25) is 0 Å². The molecule has 0 amide bonds. The minimum absolute atomic E-state index is 0.856. The third kappa shape index (κ3) is 2.27. The van der Waals surface area contributed by atoms with Gasteiger partial charge in [0.25, 0.3) is 0 Å². The van der Waals surface area contributed by atoms with Crippen LogP contribution in [-0.4, -0.2) is 14.8 Å². The summed E-state index contributed by atoms with van der Waals surface area (Å²) in [5, 5.41) is 4.60. The molecule has 0 radical (unpaired) electrons. The second kappa shape index (κ2) is 4.61. The van der Waals surface area contributed by atoms with E-state index in [4.69, 9.17) is 0 Å². The van der Waals surface area contributed by atoms with Crippen molar-refractivity contribution in [3.63, 3.8) is 0 Å². The largest absolute Gasteiger partial charge is 0.249 e. The number of aryl methyl sites for hydroxylation is 2. The van der Waals surface area contributed by atoms with Gasteiger partial charge in [-0.2, -0.15) is 5.10 Å². The standard InChI is InChI=1S/C13H14BrN3/c14-11-7-5-10(6-8-11)13-15-12-4-2-1-3-9-17(12)16-13/h5-8H,1-4,9H2. The Morgan fingerprint density at radius 1 is 1.06 bits per heavy atom. The summed E-state index contributed by atoms with van der Waals surface area (Å²) in [4.78, 5) is 4.65. The Morgan fingerprint density at radius 2 is 1.88 bits per heavy atom. The lowest BCUT2D eigenvalue weighted by molar-refractivity contribution is 0.576. The van der Waals surface area contributed by atoms with Crippen LogP contribution in [0.3, 0.4) is 0 Å². The van der Waals surface area contributed by atoms with E-state index in [1.165, 1.54) is 19.3 Å². The molecule has 1 aromatic carbocycles. The average Bonchev–Trinajstić information content (AvgIpc) is 2.62. The van der Waals surface area contributed by atoms with Crippen LogP contribution in [0, 0.1) is 0 Å². The van der Waals surface area contributed by atoms with E-state index in [0.717, 1.165) is 34.7 Å². The first-order valence-corrected chi connectivity index (χ1v) is 6.82. The van der Waals surface area contributed by atoms with E-state index in [0.29, 0.717) is 0 Å². The van der Waals surface area contributed by atoms with Crippen molar-refractivity contribution in [2.75, 3.05) is 0 Å². The van der Waals surface area contributed by atoms with Crippen LogP contribution >= 0.6 is 15.9 Å². The first-order chi connectivity index (χ1) is 8.33. The van der Waals surface area contributed by atoms with Crippen LogP contribution in [0.4, 0.5) is 0 Å². The number of halogens is 1. The van der Waals surface area contributed by atoms with E-state index in [2.05, 4.69) is 42.8 Å². The Balaban J connectivity index is 1.96. The summed E-state index contributed by atoms with van der Waals surface area (Å²) < 4.78 is 3.16. The summed E-state index contributed by atoms with van der Waals surface area (Å²) in [6, 6.07) is 8.17. The molecular formula is C13H14BrN3. The first kappa shape index (κ1) is 11.0. The van der Waals surface area contributed by atoms with Gasteiger partial charge in [-0.25, -0.2) is 9.67 Å². The highest BCUT2D eigenvalue weighted by Gasteiger charge is 2.13. The van der Waals surface area contributed by atoms with Crippen LogP contribution < -0.4 is 0 Å². The van der Waals surface area contributed by atoms with Crippen LogP contribution in [0.25, 0.3) is 11.4 Å². The molecule has 0 unspecified atom stereocenters. The van der Waals surface area contributed by atoms with Crippen LogP contribution in [0.15, 0.2) is 28.7 Å². The molecule has 88 valence electrons. The molecule has 0 bridgehead atoms. The highest BCUT2D eigenvalue weighted by molar-refractivity contribution is 9.10. The summed E-state index contributed by atoms with van der Waals surface area (Å²) in [6.07, 6.45) is 4.80. The van der Waals surface area contributed by atoms with Gasteiger partial charge in [-0.15, -0.1) is 0 Å². The molecule has 4 heteroatoms. The van der Waals surface area contributed by atoms with Crippen LogP contribution in [-0.2, 0) is 13.0 Å². The summed E-state index contributed by atoms with van der Waals surface area (Å²) in [7, 11) is 0. The molecule has 0 fully saturated rings. The molecule has 0 saturated heterocycles. The van der Waals surface area contributed by atoms with Gasteiger partial charge < -0.3 is 0 Å². The highest BCUT2D eigenvalue weighted by atomic mass is 79.9. The third-order valence-corrected chi connectivity index (χ3v) is 3.65. The van der Waals surface area contributed by atoms with Crippen molar-refractivity contribution in [3.8, 4) is 11.4 Å². The van der Waals surface area contributed by atoms with Gasteiger partial charge in [0.05, 0.1) is 0 Å². The molecule has 0 spiro atoms. The van der Waals surface area contributed by atoms with Crippen molar-refractivity contribution < 1.29 is 0 Å². The SMILES string of the molecule is Brc1ccc(-c2nc3n(n2)CCCCC3)cc1. The fourth-order valence-corrected chi connectivity index (χ4v) is 2.45. The topological polar surface area (TPSA) is 30.7 Å². The predicted molar refractivity (Wildman–Crippen MR) is 70.7 cm³/mol. The number of fused-ring (bicyclic) bond motifs is 1. The number of nitrogens with zero attached hydrogens (tertiary/aromatic N) is 3. The summed E-state index contributed by atoms with van der Waals surface area (Å²) in [5.41, 5.74) is 1.09. The maximum atomic E-state index is 4.65. The van der Waals surface area contributed by atoms with Crippen molar-refractivity contribution in [2.45, 2.75) is 32.2 Å². The first-order valence-electron chi connectivity index (χ1n) is 6.02.